The van der Waals surface area contributed by atoms with E-state index in [1.807, 2.05) is 43.3 Å². The van der Waals surface area contributed by atoms with Gasteiger partial charge in [-0.15, -0.1) is 0 Å². The van der Waals surface area contributed by atoms with E-state index in [0.717, 1.165) is 16.0 Å². The molecule has 3 aromatic carbocycles. The summed E-state index contributed by atoms with van der Waals surface area (Å²) < 4.78 is 45.1. The van der Waals surface area contributed by atoms with E-state index in [1.54, 1.807) is 0 Å². The van der Waals surface area contributed by atoms with Crippen LogP contribution in [-0.4, -0.2) is 135 Å². The van der Waals surface area contributed by atoms with Crippen molar-refractivity contribution in [1.29, 1.82) is 0 Å². The number of allylic oxidation sites excluding steroid dienone is 2. The zero-order valence-corrected chi connectivity index (χ0v) is 46.1. The number of aromatic amines is 2. The molecule has 4 aliphatic heterocycles. The third-order valence-electron chi connectivity index (χ3n) is 15.3. The van der Waals surface area contributed by atoms with Gasteiger partial charge in [0, 0.05) is 73.5 Å². The number of imide groups is 3. The summed E-state index contributed by atoms with van der Waals surface area (Å²) in [4.78, 5) is 134. The zero-order chi connectivity index (χ0) is 59.4. The Morgan fingerprint density at radius 1 is 0.723 bits per heavy atom. The average Bonchev–Trinajstić information content (AvgIpc) is 4.18. The number of carbonyl (C=O) groups is 9. The third-order valence-corrected chi connectivity index (χ3v) is 15.3. The Hall–Kier alpha value is -8.58. The SMILES string of the molecule is CC(=O)N[C@H]1CCC/C=C\Cc2ccc(cc2)CN[C@]2(C)CCCN2C(=O)NC(=O)NC(=O)[C@@H]2C[C@H](F)CN2C(=O)[C@@H](Cc2c[nH]c3ccc(F)cc23)NC(=O)[C@@H](Cc2c[nH]c3ccc(F)cc23)NC(=O)NC(=O)[C@@H](CCCCN)NC1=O. The molecule has 442 valence electrons. The summed E-state index contributed by atoms with van der Waals surface area (Å²) in [5.41, 5.74) is 8.29. The highest BCUT2D eigenvalue weighted by Gasteiger charge is 2.45. The van der Waals surface area contributed by atoms with Crippen LogP contribution in [0, 0.1) is 11.6 Å². The minimum absolute atomic E-state index is 0.0114. The van der Waals surface area contributed by atoms with Gasteiger partial charge in [-0.3, -0.25) is 50.0 Å². The second-order valence-corrected chi connectivity index (χ2v) is 21.5. The maximum atomic E-state index is 15.6. The van der Waals surface area contributed by atoms with E-state index in [9.17, 15) is 51.9 Å². The number of nitrogens with two attached hydrogens (primary N) is 1. The standard InChI is InChI=1S/C58H70F3N13O9/c1-33(75)66-45-11-6-4-3-5-10-34-13-15-35(16-14-34)29-65-58(2)21-9-23-74(58)57(83)72-56(82)71-53(79)49-28-40(61)32-73(49)54(80)48(25-37-31-64-44-20-18-39(60)27-42(37)44)68-52(78)47(24-36-30-63-43-19-17-38(59)26-41(36)43)69-55(81)70-51(77)46(67-50(45)76)12-7-8-22-62/h3,5,13-20,26-27,30-31,40,45-49,63-65H,4,6-12,21-25,28-29,32,62H2,1-2H3,(H,66,75)(H,67,76)(H,68,78)(H2,69,70,77,81)(H2,71,72,79,82,83)/b5-3-/t40-,45-,46+,47+,48+,49-,58-/m0/s1. The van der Waals surface area contributed by atoms with Gasteiger partial charge >= 0.3 is 18.1 Å². The third kappa shape index (κ3) is 15.7. The van der Waals surface area contributed by atoms with Crippen LogP contribution in [-0.2, 0) is 54.6 Å². The Balaban J connectivity index is 1.11. The minimum Gasteiger partial charge on any atom is -0.361 e. The Morgan fingerprint density at radius 2 is 1.36 bits per heavy atom. The van der Waals surface area contributed by atoms with E-state index in [2.05, 4.69) is 52.5 Å². The van der Waals surface area contributed by atoms with Gasteiger partial charge in [-0.25, -0.2) is 27.6 Å². The van der Waals surface area contributed by atoms with E-state index in [0.29, 0.717) is 84.4 Å². The summed E-state index contributed by atoms with van der Waals surface area (Å²) in [5.74, 6) is -6.65. The fourth-order valence-electron chi connectivity index (χ4n) is 10.9. The number of hydrogen-bond acceptors (Lipinski definition) is 11. The number of rotatable bonds is 9. The van der Waals surface area contributed by atoms with Crippen LogP contribution in [0.3, 0.4) is 0 Å². The molecule has 12 amide bonds. The number of fused-ring (bicyclic) bond motifs is 26. The first-order valence-electron chi connectivity index (χ1n) is 27.8. The van der Waals surface area contributed by atoms with Gasteiger partial charge in [-0.2, -0.15) is 0 Å². The van der Waals surface area contributed by atoms with Crippen molar-refractivity contribution in [2.75, 3.05) is 19.6 Å². The molecule has 2 bridgehead atoms. The lowest BCUT2D eigenvalue weighted by atomic mass is 10.0. The molecule has 9 rings (SSSR count). The molecule has 0 aliphatic carbocycles. The molecule has 7 atom stereocenters. The molecule has 2 saturated heterocycles. The molecule has 6 heterocycles. The lowest BCUT2D eigenvalue weighted by Gasteiger charge is -2.36. The first kappa shape index (κ1) is 60.5. The van der Waals surface area contributed by atoms with Crippen molar-refractivity contribution < 1.29 is 56.3 Å². The fraction of sp³-hybridized carbons (Fsp3) is 0.431. The number of hydrogen-bond donors (Lipinski definition) is 11. The number of urea groups is 3. The molecule has 2 aromatic heterocycles. The maximum Gasteiger partial charge on any atom is 0.329 e. The summed E-state index contributed by atoms with van der Waals surface area (Å²) in [7, 11) is 0. The van der Waals surface area contributed by atoms with Crippen molar-refractivity contribution >= 4 is 75.3 Å². The predicted molar refractivity (Wildman–Crippen MR) is 300 cm³/mol. The topological polar surface area (TPSA) is 314 Å². The van der Waals surface area contributed by atoms with Crippen LogP contribution in [0.1, 0.15) is 93.9 Å². The van der Waals surface area contributed by atoms with Crippen LogP contribution in [0.15, 0.2) is 85.2 Å². The van der Waals surface area contributed by atoms with Crippen LogP contribution >= 0.6 is 0 Å². The number of nitrogens with zero attached hydrogens (tertiary/aromatic N) is 2. The van der Waals surface area contributed by atoms with Crippen molar-refractivity contribution in [2.45, 2.75) is 139 Å². The number of alkyl halides is 1. The van der Waals surface area contributed by atoms with Crippen LogP contribution in [0.5, 0.6) is 0 Å². The first-order valence-corrected chi connectivity index (χ1v) is 27.8. The summed E-state index contributed by atoms with van der Waals surface area (Å²) in [6.45, 7) is 3.27. The molecule has 2 fully saturated rings. The number of carbonyl (C=O) groups excluding carboxylic acids is 9. The van der Waals surface area contributed by atoms with E-state index in [4.69, 9.17) is 5.73 Å². The summed E-state index contributed by atoms with van der Waals surface area (Å²) in [6.07, 6.45) is 7.41. The van der Waals surface area contributed by atoms with Crippen LogP contribution in [0.25, 0.3) is 21.8 Å². The fourth-order valence-corrected chi connectivity index (χ4v) is 10.9. The zero-order valence-electron chi connectivity index (χ0n) is 46.1. The van der Waals surface area contributed by atoms with Crippen molar-refractivity contribution in [3.05, 3.63) is 119 Å². The summed E-state index contributed by atoms with van der Waals surface area (Å²) >= 11 is 0. The van der Waals surface area contributed by atoms with Gasteiger partial charge in [0.2, 0.25) is 23.6 Å². The smallest absolute Gasteiger partial charge is 0.329 e. The van der Waals surface area contributed by atoms with Gasteiger partial charge in [0.15, 0.2) is 0 Å². The number of nitrogens with one attached hydrogen (secondary N) is 10. The van der Waals surface area contributed by atoms with Crippen LogP contribution < -0.4 is 48.3 Å². The quantitative estimate of drug-likeness (QED) is 0.0731. The highest BCUT2D eigenvalue weighted by molar-refractivity contribution is 6.05. The Labute approximate surface area is 476 Å². The Bertz CT molecular complexity index is 3260. The molecule has 83 heavy (non-hydrogen) atoms. The van der Waals surface area contributed by atoms with Gasteiger partial charge < -0.3 is 46.8 Å². The van der Waals surface area contributed by atoms with Gasteiger partial charge in [0.1, 0.15) is 48.0 Å². The van der Waals surface area contributed by atoms with Crippen LogP contribution in [0.2, 0.25) is 0 Å². The van der Waals surface area contributed by atoms with Gasteiger partial charge in [0.05, 0.1) is 12.2 Å². The number of halogens is 3. The molecule has 5 aromatic rings. The lowest BCUT2D eigenvalue weighted by molar-refractivity contribution is -0.141. The molecule has 0 saturated carbocycles. The second-order valence-electron chi connectivity index (χ2n) is 21.5. The normalized spacial score (nSPS) is 24.7. The van der Waals surface area contributed by atoms with Crippen molar-refractivity contribution in [2.24, 2.45) is 5.73 Å². The molecule has 0 radical (unpaired) electrons. The molecule has 25 heteroatoms. The molecule has 0 unspecified atom stereocenters. The van der Waals surface area contributed by atoms with Crippen LogP contribution in [0.4, 0.5) is 27.6 Å². The second kappa shape index (κ2) is 27.5. The monoisotopic (exact) mass is 1150 g/mol. The number of aromatic nitrogens is 2. The highest BCUT2D eigenvalue weighted by Crippen LogP contribution is 2.29. The van der Waals surface area contributed by atoms with Crippen molar-refractivity contribution in [3.63, 3.8) is 0 Å². The number of amides is 12. The number of H-pyrrole nitrogens is 2. The predicted octanol–water partition coefficient (Wildman–Crippen LogP) is 4.28. The Kier molecular flexibility index (Phi) is 20.0. The Morgan fingerprint density at radius 3 is 2.02 bits per heavy atom. The largest absolute Gasteiger partial charge is 0.361 e. The van der Waals surface area contributed by atoms with Gasteiger partial charge in [-0.05, 0) is 130 Å². The molecular formula is C58H70F3N13O9. The number of benzene rings is 3. The first-order chi connectivity index (χ1) is 39.8. The lowest BCUT2D eigenvalue weighted by Crippen LogP contribution is -2.61. The van der Waals surface area contributed by atoms with E-state index in [-0.39, 0.29) is 25.9 Å². The average molecular weight is 1150 g/mol. The van der Waals surface area contributed by atoms with E-state index < -0.39 is 133 Å². The van der Waals surface area contributed by atoms with E-state index >= 15 is 4.39 Å². The number of unbranched alkanes of at least 4 members (excludes halogenated alkanes) is 1. The molecular weight excluding hydrogens is 1080 g/mol. The van der Waals surface area contributed by atoms with E-state index in [1.165, 1.54) is 60.6 Å². The van der Waals surface area contributed by atoms with Gasteiger partial charge in [-0.1, -0.05) is 36.4 Å². The molecule has 12 N–H and O–H groups in total. The van der Waals surface area contributed by atoms with Crippen molar-refractivity contribution in [1.82, 2.24) is 62.3 Å². The highest BCUT2D eigenvalue weighted by atomic mass is 19.1. The molecule has 22 nitrogen and oxygen atoms in total. The summed E-state index contributed by atoms with van der Waals surface area (Å²) in [5, 5.41) is 21.0. The summed E-state index contributed by atoms with van der Waals surface area (Å²) in [6, 6.07) is 4.80. The van der Waals surface area contributed by atoms with Gasteiger partial charge in [0.25, 0.3) is 11.8 Å². The minimum atomic E-state index is -1.80. The maximum absolute atomic E-state index is 15.6. The molecule has 0 spiro atoms. The van der Waals surface area contributed by atoms with Crippen molar-refractivity contribution in [3.8, 4) is 0 Å². The molecule has 4 aliphatic rings.